The van der Waals surface area contributed by atoms with E-state index in [4.69, 9.17) is 0 Å². The largest absolute Gasteiger partial charge is 0.317 e. The Morgan fingerprint density at radius 3 is 2.55 bits per heavy atom. The first-order valence-corrected chi connectivity index (χ1v) is 7.15. The highest BCUT2D eigenvalue weighted by Gasteiger charge is 2.12. The third kappa shape index (κ3) is 3.25. The maximum absolute atomic E-state index is 13.0. The van der Waals surface area contributed by atoms with E-state index in [1.54, 1.807) is 12.1 Å². The molecule has 0 bridgehead atoms. The quantitative estimate of drug-likeness (QED) is 0.821. The van der Waals surface area contributed by atoms with Gasteiger partial charge in [-0.25, -0.2) is 9.07 Å². The molecule has 1 heterocycles. The molecule has 0 unspecified atom stereocenters. The molecule has 1 N–H and O–H groups in total. The fourth-order valence-electron chi connectivity index (χ4n) is 2.44. The minimum absolute atomic E-state index is 0.221. The van der Waals surface area contributed by atoms with Gasteiger partial charge in [0.15, 0.2) is 0 Å². The van der Waals surface area contributed by atoms with Gasteiger partial charge < -0.3 is 5.32 Å². The van der Waals surface area contributed by atoms with Crippen LogP contribution in [0.4, 0.5) is 4.39 Å². The van der Waals surface area contributed by atoms with Crippen molar-refractivity contribution in [3.63, 3.8) is 0 Å². The molecule has 0 radical (unpaired) electrons. The zero-order chi connectivity index (χ0) is 14.5. The molecular formula is C16H22FN3. The number of nitrogens with zero attached hydrogens (tertiary/aromatic N) is 2. The predicted octanol–water partition coefficient (Wildman–Crippen LogP) is 3.17. The molecule has 1 aromatic heterocycles. The van der Waals surface area contributed by atoms with Crippen LogP contribution >= 0.6 is 0 Å². The van der Waals surface area contributed by atoms with Crippen LogP contribution in [0.2, 0.25) is 0 Å². The third-order valence-electron chi connectivity index (χ3n) is 3.54. The number of benzene rings is 1. The molecule has 0 spiro atoms. The van der Waals surface area contributed by atoms with Crippen molar-refractivity contribution in [2.45, 2.75) is 33.6 Å². The summed E-state index contributed by atoms with van der Waals surface area (Å²) >= 11 is 0. The highest BCUT2D eigenvalue weighted by molar-refractivity contribution is 5.37. The summed E-state index contributed by atoms with van der Waals surface area (Å²) in [5, 5.41) is 7.92. The minimum Gasteiger partial charge on any atom is -0.317 e. The topological polar surface area (TPSA) is 29.9 Å². The van der Waals surface area contributed by atoms with Gasteiger partial charge in [0, 0.05) is 5.69 Å². The Hall–Kier alpha value is -1.68. The number of nitrogens with one attached hydrogen (secondary N) is 1. The van der Waals surface area contributed by atoms with E-state index in [2.05, 4.69) is 24.3 Å². The van der Waals surface area contributed by atoms with Gasteiger partial charge in [-0.2, -0.15) is 5.10 Å². The van der Waals surface area contributed by atoms with Crippen molar-refractivity contribution < 1.29 is 4.39 Å². The molecule has 0 fully saturated rings. The van der Waals surface area contributed by atoms with Crippen LogP contribution in [0.25, 0.3) is 5.69 Å². The lowest BCUT2D eigenvalue weighted by atomic mass is 10.1. The molecular weight excluding hydrogens is 253 g/mol. The van der Waals surface area contributed by atoms with Crippen LogP contribution in [0, 0.1) is 19.7 Å². The Kier molecular flexibility index (Phi) is 4.90. The maximum Gasteiger partial charge on any atom is 0.123 e. The summed E-state index contributed by atoms with van der Waals surface area (Å²) in [6, 6.07) is 6.46. The molecule has 108 valence electrons. The standard InChI is InChI=1S/C16H22FN3/c1-4-18-11-5-6-16-12(2)19-20(13(16)3)15-9-7-14(17)8-10-15/h7-10,18H,4-6,11H2,1-3H3. The van der Waals surface area contributed by atoms with E-state index >= 15 is 0 Å². The Morgan fingerprint density at radius 1 is 1.20 bits per heavy atom. The van der Waals surface area contributed by atoms with E-state index in [0.717, 1.165) is 43.0 Å². The molecule has 4 heteroatoms. The molecule has 0 aliphatic rings. The lowest BCUT2D eigenvalue weighted by Crippen LogP contribution is -2.14. The average Bonchev–Trinajstić information content (AvgIpc) is 2.72. The normalized spacial score (nSPS) is 11.0. The molecule has 1 aromatic carbocycles. The summed E-state index contributed by atoms with van der Waals surface area (Å²) in [5.41, 5.74) is 4.41. The summed E-state index contributed by atoms with van der Waals surface area (Å²) in [5.74, 6) is -0.221. The Balaban J connectivity index is 2.17. The van der Waals surface area contributed by atoms with Crippen molar-refractivity contribution in [3.8, 4) is 5.69 Å². The van der Waals surface area contributed by atoms with E-state index < -0.39 is 0 Å². The van der Waals surface area contributed by atoms with Gasteiger partial charge >= 0.3 is 0 Å². The molecule has 2 rings (SSSR count). The van der Waals surface area contributed by atoms with Gasteiger partial charge in [-0.3, -0.25) is 0 Å². The molecule has 0 saturated carbocycles. The lowest BCUT2D eigenvalue weighted by Gasteiger charge is -2.06. The maximum atomic E-state index is 13.0. The summed E-state index contributed by atoms with van der Waals surface area (Å²) in [6.07, 6.45) is 2.12. The lowest BCUT2D eigenvalue weighted by molar-refractivity contribution is 0.627. The SMILES string of the molecule is CCNCCCc1c(C)nn(-c2ccc(F)cc2)c1C. The summed E-state index contributed by atoms with van der Waals surface area (Å²) in [4.78, 5) is 0. The molecule has 0 amide bonds. The predicted molar refractivity (Wildman–Crippen MR) is 79.9 cm³/mol. The fourth-order valence-corrected chi connectivity index (χ4v) is 2.44. The number of rotatable bonds is 6. The van der Waals surface area contributed by atoms with E-state index in [-0.39, 0.29) is 5.82 Å². The Morgan fingerprint density at radius 2 is 1.90 bits per heavy atom. The van der Waals surface area contributed by atoms with Gasteiger partial charge in [0.1, 0.15) is 5.82 Å². The zero-order valence-corrected chi connectivity index (χ0v) is 12.4. The van der Waals surface area contributed by atoms with Crippen LogP contribution < -0.4 is 5.32 Å². The first kappa shape index (κ1) is 14.7. The zero-order valence-electron chi connectivity index (χ0n) is 12.4. The van der Waals surface area contributed by atoms with Crippen molar-refractivity contribution in [3.05, 3.63) is 47.0 Å². The van der Waals surface area contributed by atoms with Gasteiger partial charge in [0.2, 0.25) is 0 Å². The van der Waals surface area contributed by atoms with Gasteiger partial charge in [-0.1, -0.05) is 6.92 Å². The Labute approximate surface area is 119 Å². The van der Waals surface area contributed by atoms with Crippen molar-refractivity contribution >= 4 is 0 Å². The van der Waals surface area contributed by atoms with Crippen molar-refractivity contribution in [2.75, 3.05) is 13.1 Å². The van der Waals surface area contributed by atoms with Crippen LogP contribution in [0.5, 0.6) is 0 Å². The summed E-state index contributed by atoms with van der Waals surface area (Å²) < 4.78 is 14.9. The molecule has 0 atom stereocenters. The van der Waals surface area contributed by atoms with Crippen LogP contribution in [0.3, 0.4) is 0 Å². The fraction of sp³-hybridized carbons (Fsp3) is 0.438. The van der Waals surface area contributed by atoms with E-state index in [1.807, 2.05) is 11.6 Å². The highest BCUT2D eigenvalue weighted by Crippen LogP contribution is 2.19. The average molecular weight is 275 g/mol. The molecule has 0 aliphatic heterocycles. The number of halogens is 1. The molecule has 3 nitrogen and oxygen atoms in total. The number of hydrogen-bond donors (Lipinski definition) is 1. The summed E-state index contributed by atoms with van der Waals surface area (Å²) in [7, 11) is 0. The first-order chi connectivity index (χ1) is 9.63. The number of hydrogen-bond acceptors (Lipinski definition) is 2. The van der Waals surface area contributed by atoms with Crippen molar-refractivity contribution in [1.82, 2.24) is 15.1 Å². The van der Waals surface area contributed by atoms with Gasteiger partial charge in [0.05, 0.1) is 11.4 Å². The van der Waals surface area contributed by atoms with Crippen LogP contribution in [0.1, 0.15) is 30.3 Å². The van der Waals surface area contributed by atoms with Crippen molar-refractivity contribution in [2.24, 2.45) is 0 Å². The second kappa shape index (κ2) is 6.66. The third-order valence-corrected chi connectivity index (χ3v) is 3.54. The van der Waals surface area contributed by atoms with Gasteiger partial charge in [-0.15, -0.1) is 0 Å². The monoisotopic (exact) mass is 275 g/mol. The minimum atomic E-state index is -0.221. The second-order valence-electron chi connectivity index (χ2n) is 4.99. The van der Waals surface area contributed by atoms with Gasteiger partial charge in [-0.05, 0) is 69.6 Å². The molecule has 2 aromatic rings. The van der Waals surface area contributed by atoms with Crippen LogP contribution in [-0.2, 0) is 6.42 Å². The molecule has 20 heavy (non-hydrogen) atoms. The van der Waals surface area contributed by atoms with Gasteiger partial charge in [0.25, 0.3) is 0 Å². The van der Waals surface area contributed by atoms with E-state index in [9.17, 15) is 4.39 Å². The van der Waals surface area contributed by atoms with Crippen molar-refractivity contribution in [1.29, 1.82) is 0 Å². The molecule has 0 aliphatic carbocycles. The van der Waals surface area contributed by atoms with Crippen LogP contribution in [-0.4, -0.2) is 22.9 Å². The smallest absolute Gasteiger partial charge is 0.123 e. The van der Waals surface area contributed by atoms with E-state index in [1.165, 1.54) is 17.7 Å². The first-order valence-electron chi connectivity index (χ1n) is 7.15. The molecule has 0 saturated heterocycles. The van der Waals surface area contributed by atoms with Crippen LogP contribution in [0.15, 0.2) is 24.3 Å². The second-order valence-corrected chi connectivity index (χ2v) is 4.99. The highest BCUT2D eigenvalue weighted by atomic mass is 19.1. The Bertz CT molecular complexity index is 558. The number of aryl methyl sites for hydroxylation is 1. The summed E-state index contributed by atoms with van der Waals surface area (Å²) in [6.45, 7) is 8.26. The van der Waals surface area contributed by atoms with E-state index in [0.29, 0.717) is 0 Å². The number of aromatic nitrogens is 2.